The zero-order valence-electron chi connectivity index (χ0n) is 27.8. The van der Waals surface area contributed by atoms with E-state index in [4.69, 9.17) is 10.5 Å². The van der Waals surface area contributed by atoms with E-state index in [0.717, 1.165) is 68.6 Å². The molecule has 8 rings (SSSR count). The number of ether oxygens (including phenoxy) is 1. The van der Waals surface area contributed by atoms with Gasteiger partial charge in [-0.05, 0) is 80.7 Å². The van der Waals surface area contributed by atoms with Gasteiger partial charge in [0, 0.05) is 48.4 Å². The normalized spacial score (nSPS) is 23.3. The molecule has 4 N–H and O–H groups in total. The lowest BCUT2D eigenvalue weighted by molar-refractivity contribution is -0.134. The number of aromatic hydroxyl groups is 1. The van der Waals surface area contributed by atoms with Crippen LogP contribution in [0, 0.1) is 5.82 Å². The predicted molar refractivity (Wildman–Crippen MR) is 185 cm³/mol. The van der Waals surface area contributed by atoms with Gasteiger partial charge >= 0.3 is 0 Å². The summed E-state index contributed by atoms with van der Waals surface area (Å²) in [4.78, 5) is 29.2. The van der Waals surface area contributed by atoms with Crippen LogP contribution in [0.25, 0.3) is 22.4 Å². The molecule has 4 aromatic rings. The van der Waals surface area contributed by atoms with Gasteiger partial charge in [0.05, 0.1) is 30.2 Å². The molecule has 1 saturated carbocycles. The monoisotopic (exact) mass is 680 g/mol. The molecule has 5 heterocycles. The predicted octanol–water partition coefficient (Wildman–Crippen LogP) is 4.80. The number of benzene rings is 2. The first-order chi connectivity index (χ1) is 24.3. The van der Waals surface area contributed by atoms with E-state index >= 15 is 0 Å². The first kappa shape index (κ1) is 32.2. The lowest BCUT2D eigenvalue weighted by Gasteiger charge is -2.42. The van der Waals surface area contributed by atoms with E-state index in [-0.39, 0.29) is 35.3 Å². The number of phenolic OH excluding ortho intramolecular Hbond substituents is 1. The highest BCUT2D eigenvalue weighted by atomic mass is 19.1. The number of halogens is 1. The number of aromatic nitrogens is 4. The van der Waals surface area contributed by atoms with Crippen LogP contribution in [0.15, 0.2) is 54.9 Å². The summed E-state index contributed by atoms with van der Waals surface area (Å²) in [6, 6.07) is 12.8. The average molecular weight is 681 g/mol. The molecule has 0 bridgehead atoms. The Kier molecular flexibility index (Phi) is 8.59. The number of anilines is 2. The van der Waals surface area contributed by atoms with Crippen LogP contribution in [0.2, 0.25) is 0 Å². The van der Waals surface area contributed by atoms with Crippen LogP contribution in [-0.4, -0.2) is 80.1 Å². The van der Waals surface area contributed by atoms with E-state index in [1.54, 1.807) is 18.3 Å². The Labute approximate surface area is 289 Å². The van der Waals surface area contributed by atoms with Gasteiger partial charge in [-0.25, -0.2) is 4.39 Å². The summed E-state index contributed by atoms with van der Waals surface area (Å²) in [6.45, 7) is 3.16. The van der Waals surface area contributed by atoms with E-state index in [1.807, 2.05) is 16.9 Å². The molecular weight excluding hydrogens is 639 g/mol. The Balaban J connectivity index is 0.886. The fraction of sp³-hybridized carbons (Fsp3) is 0.432. The number of phenols is 1. The van der Waals surface area contributed by atoms with E-state index < -0.39 is 11.6 Å². The molecule has 13 heteroatoms. The third-order valence-electron chi connectivity index (χ3n) is 11.0. The summed E-state index contributed by atoms with van der Waals surface area (Å²) >= 11 is 0. The Morgan fingerprint density at radius 1 is 0.920 bits per heavy atom. The summed E-state index contributed by atoms with van der Waals surface area (Å²) in [5.41, 5.74) is 10.4. The maximum atomic E-state index is 14.0. The van der Waals surface area contributed by atoms with Gasteiger partial charge < -0.3 is 25.4 Å². The second kappa shape index (κ2) is 13.3. The summed E-state index contributed by atoms with van der Waals surface area (Å²) in [6.07, 6.45) is 11.0. The third-order valence-corrected chi connectivity index (χ3v) is 11.0. The van der Waals surface area contributed by atoms with Crippen LogP contribution in [0.5, 0.6) is 11.5 Å². The van der Waals surface area contributed by atoms with E-state index in [2.05, 4.69) is 42.5 Å². The Morgan fingerprint density at radius 2 is 1.72 bits per heavy atom. The zero-order valence-corrected chi connectivity index (χ0v) is 27.8. The topological polar surface area (TPSA) is 152 Å². The number of rotatable bonds is 6. The lowest BCUT2D eigenvalue weighted by Crippen LogP contribution is -2.54. The molecule has 260 valence electrons. The minimum atomic E-state index is -0.723. The fourth-order valence-electron chi connectivity index (χ4n) is 8.35. The van der Waals surface area contributed by atoms with Crippen molar-refractivity contribution in [1.29, 1.82) is 0 Å². The number of nitrogens with zero attached hydrogens (tertiary/aromatic N) is 6. The number of carbonyl (C=O) groups is 2. The Bertz CT molecular complexity index is 1920. The van der Waals surface area contributed by atoms with Crippen LogP contribution in [0.4, 0.5) is 15.9 Å². The Morgan fingerprint density at radius 3 is 2.52 bits per heavy atom. The number of nitrogens with two attached hydrogens (primary N) is 1. The molecule has 3 fully saturated rings. The Hall–Kier alpha value is -5.04. The number of hydrogen-bond donors (Lipinski definition) is 3. The maximum absolute atomic E-state index is 14.0. The van der Waals surface area contributed by atoms with Crippen LogP contribution in [0.1, 0.15) is 68.9 Å². The second-order valence-corrected chi connectivity index (χ2v) is 13.9. The van der Waals surface area contributed by atoms with Gasteiger partial charge in [-0.15, -0.1) is 10.2 Å². The van der Waals surface area contributed by atoms with Crippen molar-refractivity contribution >= 4 is 23.3 Å². The van der Waals surface area contributed by atoms with Crippen molar-refractivity contribution in [3.8, 4) is 33.9 Å². The standard InChI is InChI=1S/C37H41FN8O4/c38-29-5-1-4-27(34(29)48)30-19-28(36(39)43-42-30)23-20-40-46(21-23)25-13-15-44(16-14-25)24-9-7-22(8-10-24)26-3-2-6-31-35(26)50-18-17-45(31)32-11-12-33(47)41-37(32)49/h1-6,19-22,24-25,32,48H,7-18H2,(H2,39,43)(H,41,47,49). The van der Waals surface area contributed by atoms with Crippen LogP contribution in [-0.2, 0) is 9.59 Å². The first-order valence-electron chi connectivity index (χ1n) is 17.6. The molecule has 1 unspecified atom stereocenters. The number of amides is 2. The van der Waals surface area contributed by atoms with Gasteiger partial charge in [0.1, 0.15) is 18.4 Å². The lowest BCUT2D eigenvalue weighted by atomic mass is 9.80. The van der Waals surface area contributed by atoms with Gasteiger partial charge in [0.15, 0.2) is 17.4 Å². The molecule has 1 aliphatic carbocycles. The first-order valence-corrected chi connectivity index (χ1v) is 17.6. The molecule has 3 aliphatic heterocycles. The highest BCUT2D eigenvalue weighted by Crippen LogP contribution is 2.45. The number of para-hydroxylation sites is 2. The molecule has 0 radical (unpaired) electrons. The summed E-state index contributed by atoms with van der Waals surface area (Å²) in [5, 5.41) is 25.6. The van der Waals surface area contributed by atoms with Crippen molar-refractivity contribution in [1.82, 2.24) is 30.2 Å². The van der Waals surface area contributed by atoms with Gasteiger partial charge in [-0.3, -0.25) is 19.6 Å². The highest BCUT2D eigenvalue weighted by Gasteiger charge is 2.37. The van der Waals surface area contributed by atoms with E-state index in [1.165, 1.54) is 17.7 Å². The molecule has 12 nitrogen and oxygen atoms in total. The zero-order chi connectivity index (χ0) is 34.4. The smallest absolute Gasteiger partial charge is 0.249 e. The van der Waals surface area contributed by atoms with Crippen LogP contribution in [0.3, 0.4) is 0 Å². The minimum absolute atomic E-state index is 0.198. The minimum Gasteiger partial charge on any atom is -0.504 e. The maximum Gasteiger partial charge on any atom is 0.249 e. The number of likely N-dealkylation sites (tertiary alicyclic amines) is 1. The number of nitrogens with one attached hydrogen (secondary N) is 1. The van der Waals surface area contributed by atoms with Crippen molar-refractivity contribution in [2.75, 3.05) is 36.9 Å². The van der Waals surface area contributed by atoms with Crippen LogP contribution >= 0.6 is 0 Å². The van der Waals surface area contributed by atoms with Crippen molar-refractivity contribution in [2.45, 2.75) is 75.4 Å². The van der Waals surface area contributed by atoms with Gasteiger partial charge in [0.2, 0.25) is 11.8 Å². The largest absolute Gasteiger partial charge is 0.504 e. The van der Waals surface area contributed by atoms with Crippen molar-refractivity contribution in [3.63, 3.8) is 0 Å². The molecule has 2 aromatic carbocycles. The third kappa shape index (κ3) is 6.03. The van der Waals surface area contributed by atoms with Crippen molar-refractivity contribution in [3.05, 3.63) is 66.2 Å². The second-order valence-electron chi connectivity index (χ2n) is 13.9. The number of nitrogen functional groups attached to an aromatic ring is 1. The molecule has 2 aromatic heterocycles. The van der Waals surface area contributed by atoms with Crippen molar-refractivity contribution in [2.24, 2.45) is 0 Å². The molecule has 2 amide bonds. The van der Waals surface area contributed by atoms with Gasteiger partial charge in [-0.1, -0.05) is 18.2 Å². The molecule has 1 atom stereocenters. The molecule has 2 saturated heterocycles. The number of piperidine rings is 2. The number of fused-ring (bicyclic) bond motifs is 1. The molecule has 50 heavy (non-hydrogen) atoms. The van der Waals surface area contributed by atoms with E-state index in [0.29, 0.717) is 49.2 Å². The summed E-state index contributed by atoms with van der Waals surface area (Å²) in [7, 11) is 0. The quantitative estimate of drug-likeness (QED) is 0.242. The van der Waals surface area contributed by atoms with Gasteiger partial charge in [-0.2, -0.15) is 5.10 Å². The number of hydrogen-bond acceptors (Lipinski definition) is 10. The SMILES string of the molecule is Nc1nnc(-c2cccc(F)c2O)cc1-c1cnn(C2CCN(C3CCC(c4cccc5c4OCCN5C4CCC(=O)NC4=O)CC3)CC2)c1. The number of imide groups is 1. The molecule has 0 spiro atoms. The average Bonchev–Trinajstić information content (AvgIpc) is 3.63. The summed E-state index contributed by atoms with van der Waals surface area (Å²) in [5.74, 6) is -0.0631. The van der Waals surface area contributed by atoms with E-state index in [9.17, 15) is 19.1 Å². The highest BCUT2D eigenvalue weighted by molar-refractivity contribution is 6.02. The van der Waals surface area contributed by atoms with Crippen molar-refractivity contribution < 1.29 is 23.8 Å². The number of carbonyl (C=O) groups excluding carboxylic acids is 2. The summed E-state index contributed by atoms with van der Waals surface area (Å²) < 4.78 is 22.3. The molecular formula is C37H41FN8O4. The fourth-order valence-corrected chi connectivity index (χ4v) is 8.35. The van der Waals surface area contributed by atoms with Gasteiger partial charge in [0.25, 0.3) is 0 Å². The molecule has 4 aliphatic rings. The van der Waals surface area contributed by atoms with Crippen LogP contribution < -0.4 is 20.7 Å².